The maximum Gasteiger partial charge on any atom is 0.329 e. The molecule has 7 nitrogen and oxygen atoms in total. The number of piperidine rings is 1. The van der Waals surface area contributed by atoms with Crippen molar-refractivity contribution in [2.24, 2.45) is 4.99 Å². The van der Waals surface area contributed by atoms with Crippen LogP contribution < -0.4 is 5.69 Å². The number of imidazole rings is 1. The largest absolute Gasteiger partial charge is 0.493 e. The molecule has 1 aromatic carbocycles. The van der Waals surface area contributed by atoms with Gasteiger partial charge in [-0.3, -0.25) is 14.4 Å². The fourth-order valence-electron chi connectivity index (χ4n) is 3.42. The second kappa shape index (κ2) is 6.67. The quantitative estimate of drug-likeness (QED) is 0.887. The lowest BCUT2D eigenvalue weighted by Crippen LogP contribution is -2.39. The van der Waals surface area contributed by atoms with Crippen molar-refractivity contribution < 1.29 is 9.90 Å². The van der Waals surface area contributed by atoms with E-state index < -0.39 is 5.69 Å². The highest BCUT2D eigenvalue weighted by molar-refractivity contribution is 6.21. The van der Waals surface area contributed by atoms with Gasteiger partial charge in [0.15, 0.2) is 0 Å². The number of hydrogen-bond donors (Lipinski definition) is 2. The van der Waals surface area contributed by atoms with Crippen molar-refractivity contribution in [3.05, 3.63) is 46.0 Å². The number of rotatable bonds is 3. The van der Waals surface area contributed by atoms with Gasteiger partial charge < -0.3 is 15.0 Å². The van der Waals surface area contributed by atoms with E-state index in [0.29, 0.717) is 13.1 Å². The van der Waals surface area contributed by atoms with Crippen molar-refractivity contribution >= 4 is 29.5 Å². The molecule has 134 valence electrons. The molecule has 1 aromatic heterocycles. The lowest BCUT2D eigenvalue weighted by molar-refractivity contribution is -0.132. The van der Waals surface area contributed by atoms with Crippen molar-refractivity contribution in [1.29, 1.82) is 0 Å². The SMILES string of the molecule is O=C(Cn1c(O)c(/C=C2\C=Nc3ccccc32)[nH]c1=O)N1CCCCC1. The van der Waals surface area contributed by atoms with E-state index in [-0.39, 0.29) is 24.0 Å². The summed E-state index contributed by atoms with van der Waals surface area (Å²) in [5.41, 5.74) is 2.36. The second-order valence-corrected chi connectivity index (χ2v) is 6.57. The van der Waals surface area contributed by atoms with Crippen LogP contribution in [0.3, 0.4) is 0 Å². The maximum atomic E-state index is 12.4. The monoisotopic (exact) mass is 352 g/mol. The molecule has 3 heterocycles. The summed E-state index contributed by atoms with van der Waals surface area (Å²) in [6.45, 7) is 1.26. The summed E-state index contributed by atoms with van der Waals surface area (Å²) >= 11 is 0. The van der Waals surface area contributed by atoms with Gasteiger partial charge in [-0.25, -0.2) is 4.79 Å². The lowest BCUT2D eigenvalue weighted by atomic mass is 10.1. The molecule has 7 heteroatoms. The summed E-state index contributed by atoms with van der Waals surface area (Å²) in [6, 6.07) is 7.64. The summed E-state index contributed by atoms with van der Waals surface area (Å²) in [5.74, 6) is -0.376. The number of nitrogens with one attached hydrogen (secondary N) is 1. The van der Waals surface area contributed by atoms with Crippen molar-refractivity contribution in [3.8, 4) is 5.88 Å². The van der Waals surface area contributed by atoms with Gasteiger partial charge >= 0.3 is 5.69 Å². The fourth-order valence-corrected chi connectivity index (χ4v) is 3.42. The van der Waals surface area contributed by atoms with Gasteiger partial charge in [-0.05, 0) is 31.4 Å². The Balaban J connectivity index is 1.60. The first-order chi connectivity index (χ1) is 12.6. The molecule has 26 heavy (non-hydrogen) atoms. The number of carbonyl (C=O) groups is 1. The summed E-state index contributed by atoms with van der Waals surface area (Å²) < 4.78 is 1.08. The molecule has 1 amide bonds. The van der Waals surface area contributed by atoms with Gasteiger partial charge in [0.1, 0.15) is 12.2 Å². The third-order valence-electron chi connectivity index (χ3n) is 4.84. The summed E-state index contributed by atoms with van der Waals surface area (Å²) in [4.78, 5) is 33.3. The molecule has 4 rings (SSSR count). The number of benzene rings is 1. The second-order valence-electron chi connectivity index (χ2n) is 6.57. The van der Waals surface area contributed by atoms with E-state index in [1.165, 1.54) is 0 Å². The highest BCUT2D eigenvalue weighted by Gasteiger charge is 2.21. The smallest absolute Gasteiger partial charge is 0.329 e. The van der Waals surface area contributed by atoms with E-state index in [4.69, 9.17) is 0 Å². The molecule has 0 atom stereocenters. The Kier molecular flexibility index (Phi) is 4.20. The van der Waals surface area contributed by atoms with Crippen LogP contribution in [0.15, 0.2) is 34.1 Å². The van der Waals surface area contributed by atoms with Gasteiger partial charge in [-0.1, -0.05) is 18.2 Å². The van der Waals surface area contributed by atoms with Crippen LogP contribution >= 0.6 is 0 Å². The molecule has 2 aliphatic rings. The van der Waals surface area contributed by atoms with Gasteiger partial charge in [0.25, 0.3) is 0 Å². The molecule has 0 unspecified atom stereocenters. The number of aromatic amines is 1. The number of H-pyrrole nitrogens is 1. The molecule has 0 bridgehead atoms. The number of para-hydroxylation sites is 1. The van der Waals surface area contributed by atoms with Crippen molar-refractivity contribution in [1.82, 2.24) is 14.5 Å². The molecular weight excluding hydrogens is 332 g/mol. The standard InChI is InChI=1S/C19H20N4O3/c24-17(22-8-4-1-5-9-22)12-23-18(25)16(21-19(23)26)10-13-11-20-15-7-3-2-6-14(13)15/h2-3,6-7,10-11,25H,1,4-5,8-9,12H2,(H,21,26)/b13-10+. The predicted octanol–water partition coefficient (Wildman–Crippen LogP) is 2.15. The Morgan fingerprint density at radius 1 is 1.23 bits per heavy atom. The molecule has 2 N–H and O–H groups in total. The molecule has 0 radical (unpaired) electrons. The average Bonchev–Trinajstić information content (AvgIpc) is 3.19. The number of aliphatic imine (C=N–C) groups is 1. The Morgan fingerprint density at radius 3 is 2.81 bits per heavy atom. The molecule has 2 aliphatic heterocycles. The number of aromatic nitrogens is 2. The van der Waals surface area contributed by atoms with Gasteiger partial charge in [-0.15, -0.1) is 0 Å². The molecule has 1 saturated heterocycles. The fraction of sp³-hybridized carbons (Fsp3) is 0.316. The van der Waals surface area contributed by atoms with Crippen LogP contribution in [0, 0.1) is 0 Å². The Morgan fingerprint density at radius 2 is 2.00 bits per heavy atom. The zero-order chi connectivity index (χ0) is 18.1. The minimum absolute atomic E-state index is 0.145. The van der Waals surface area contributed by atoms with Gasteiger partial charge in [0.05, 0.1) is 5.69 Å². The lowest BCUT2D eigenvalue weighted by Gasteiger charge is -2.26. The van der Waals surface area contributed by atoms with Crippen molar-refractivity contribution in [3.63, 3.8) is 0 Å². The number of fused-ring (bicyclic) bond motifs is 1. The minimum Gasteiger partial charge on any atom is -0.493 e. The molecule has 1 fully saturated rings. The Bertz CT molecular complexity index is 961. The molecule has 0 saturated carbocycles. The van der Waals surface area contributed by atoms with E-state index in [1.807, 2.05) is 24.3 Å². The van der Waals surface area contributed by atoms with E-state index >= 15 is 0 Å². The molecular formula is C19H20N4O3. The minimum atomic E-state index is -0.497. The number of likely N-dealkylation sites (tertiary alicyclic amines) is 1. The van der Waals surface area contributed by atoms with Crippen LogP contribution in [0.2, 0.25) is 0 Å². The topological polar surface area (TPSA) is 90.7 Å². The van der Waals surface area contributed by atoms with Gasteiger partial charge in [0, 0.05) is 30.4 Å². The highest BCUT2D eigenvalue weighted by atomic mass is 16.3. The zero-order valence-corrected chi connectivity index (χ0v) is 14.3. The normalized spacial score (nSPS) is 17.7. The number of carbonyl (C=O) groups excluding carboxylic acids is 1. The van der Waals surface area contributed by atoms with Crippen LogP contribution in [0.4, 0.5) is 5.69 Å². The first kappa shape index (κ1) is 16.4. The van der Waals surface area contributed by atoms with E-state index in [1.54, 1.807) is 17.2 Å². The predicted molar refractivity (Wildman–Crippen MR) is 99.6 cm³/mol. The first-order valence-electron chi connectivity index (χ1n) is 8.78. The first-order valence-corrected chi connectivity index (χ1v) is 8.78. The van der Waals surface area contributed by atoms with Crippen molar-refractivity contribution in [2.75, 3.05) is 13.1 Å². The summed E-state index contributed by atoms with van der Waals surface area (Å²) in [7, 11) is 0. The van der Waals surface area contributed by atoms with Crippen LogP contribution in [-0.4, -0.2) is 44.8 Å². The van der Waals surface area contributed by atoms with Crippen LogP contribution in [0.1, 0.15) is 30.5 Å². The molecule has 0 spiro atoms. The number of allylic oxidation sites excluding steroid dienone is 1. The van der Waals surface area contributed by atoms with Gasteiger partial charge in [0.2, 0.25) is 11.8 Å². The third-order valence-corrected chi connectivity index (χ3v) is 4.84. The Labute approximate surface area is 150 Å². The maximum absolute atomic E-state index is 12.4. The van der Waals surface area contributed by atoms with Crippen LogP contribution in [-0.2, 0) is 11.3 Å². The van der Waals surface area contributed by atoms with Crippen LogP contribution in [0.25, 0.3) is 11.6 Å². The number of amides is 1. The summed E-state index contributed by atoms with van der Waals surface area (Å²) in [6.07, 6.45) is 6.46. The molecule has 2 aromatic rings. The highest BCUT2D eigenvalue weighted by Crippen LogP contribution is 2.32. The Hall–Kier alpha value is -3.09. The van der Waals surface area contributed by atoms with Crippen molar-refractivity contribution in [2.45, 2.75) is 25.8 Å². The number of aromatic hydroxyl groups is 1. The van der Waals surface area contributed by atoms with Crippen LogP contribution in [0.5, 0.6) is 5.88 Å². The van der Waals surface area contributed by atoms with E-state index in [2.05, 4.69) is 9.98 Å². The number of hydrogen-bond acceptors (Lipinski definition) is 4. The average molecular weight is 352 g/mol. The van der Waals surface area contributed by atoms with E-state index in [9.17, 15) is 14.7 Å². The van der Waals surface area contributed by atoms with Gasteiger partial charge in [-0.2, -0.15) is 0 Å². The summed E-state index contributed by atoms with van der Waals surface area (Å²) in [5, 5.41) is 10.4. The third kappa shape index (κ3) is 2.96. The molecule has 0 aliphatic carbocycles. The zero-order valence-electron chi connectivity index (χ0n) is 14.3. The number of nitrogens with zero attached hydrogens (tertiary/aromatic N) is 3. The van der Waals surface area contributed by atoms with E-state index in [0.717, 1.165) is 40.7 Å².